The van der Waals surface area contributed by atoms with Crippen LogP contribution in [0.15, 0.2) is 16.3 Å². The minimum absolute atomic E-state index is 0.404. The molecular weight excluding hydrogens is 306 g/mol. The lowest BCUT2D eigenvalue weighted by molar-refractivity contribution is 0.344. The Labute approximate surface area is 130 Å². The lowest BCUT2D eigenvalue weighted by Gasteiger charge is -2.14. The van der Waals surface area contributed by atoms with Gasteiger partial charge in [-0.1, -0.05) is 0 Å². The first-order chi connectivity index (χ1) is 10.1. The Morgan fingerprint density at radius 3 is 2.76 bits per heavy atom. The molecule has 7 heteroatoms. The number of thiophene rings is 1. The maximum atomic E-state index is 12.2. The van der Waals surface area contributed by atoms with Gasteiger partial charge in [0.15, 0.2) is 0 Å². The highest BCUT2D eigenvalue weighted by Gasteiger charge is 2.21. The van der Waals surface area contributed by atoms with Crippen molar-refractivity contribution >= 4 is 21.4 Å². The molecule has 0 radical (unpaired) electrons. The van der Waals surface area contributed by atoms with Crippen molar-refractivity contribution < 1.29 is 8.42 Å². The van der Waals surface area contributed by atoms with Gasteiger partial charge in [0.1, 0.15) is 0 Å². The molecule has 0 atom stereocenters. The molecule has 0 spiro atoms. The highest BCUT2D eigenvalue weighted by Crippen LogP contribution is 2.22. The van der Waals surface area contributed by atoms with Crippen molar-refractivity contribution in [3.05, 3.63) is 16.3 Å². The second kappa shape index (κ2) is 6.75. The maximum Gasteiger partial charge on any atom is 0.241 e. The summed E-state index contributed by atoms with van der Waals surface area (Å²) in [6.45, 7) is 4.26. The Balaban J connectivity index is 1.48. The van der Waals surface area contributed by atoms with Crippen LogP contribution >= 0.6 is 11.3 Å². The van der Waals surface area contributed by atoms with Gasteiger partial charge in [0.25, 0.3) is 0 Å². The van der Waals surface area contributed by atoms with Gasteiger partial charge in [-0.05, 0) is 44.8 Å². The van der Waals surface area contributed by atoms with E-state index >= 15 is 0 Å². The van der Waals surface area contributed by atoms with Crippen LogP contribution < -0.4 is 10.0 Å². The first-order valence-corrected chi connectivity index (χ1v) is 10.0. The van der Waals surface area contributed by atoms with E-state index in [4.69, 9.17) is 0 Å². The van der Waals surface area contributed by atoms with Crippen LogP contribution in [0.1, 0.15) is 30.6 Å². The van der Waals surface area contributed by atoms with Crippen LogP contribution in [0.3, 0.4) is 0 Å². The molecule has 0 amide bonds. The molecule has 118 valence electrons. The van der Waals surface area contributed by atoms with Gasteiger partial charge in [0.05, 0.1) is 4.90 Å². The van der Waals surface area contributed by atoms with E-state index in [1.165, 1.54) is 37.0 Å². The van der Waals surface area contributed by atoms with Gasteiger partial charge in [0.2, 0.25) is 10.0 Å². The van der Waals surface area contributed by atoms with Crippen molar-refractivity contribution in [3.8, 4) is 0 Å². The molecule has 2 heterocycles. The lowest BCUT2D eigenvalue weighted by atomic mass is 10.4. The molecule has 21 heavy (non-hydrogen) atoms. The maximum absolute atomic E-state index is 12.2. The summed E-state index contributed by atoms with van der Waals surface area (Å²) in [6.07, 6.45) is 4.95. The molecule has 0 bridgehead atoms. The third-order valence-electron chi connectivity index (χ3n) is 4.00. The van der Waals surface area contributed by atoms with Crippen molar-refractivity contribution in [2.45, 2.75) is 43.2 Å². The molecule has 1 saturated heterocycles. The van der Waals surface area contributed by atoms with Crippen LogP contribution in [-0.2, 0) is 16.6 Å². The van der Waals surface area contributed by atoms with E-state index in [2.05, 4.69) is 14.9 Å². The number of sulfonamides is 1. The van der Waals surface area contributed by atoms with Crippen LogP contribution in [0, 0.1) is 0 Å². The number of nitrogens with one attached hydrogen (secondary N) is 2. The van der Waals surface area contributed by atoms with Gasteiger partial charge in [-0.3, -0.25) is 0 Å². The zero-order chi connectivity index (χ0) is 14.7. The molecule has 2 N–H and O–H groups in total. The monoisotopic (exact) mass is 329 g/mol. The topological polar surface area (TPSA) is 61.4 Å². The summed E-state index contributed by atoms with van der Waals surface area (Å²) in [5.41, 5.74) is 0. The summed E-state index contributed by atoms with van der Waals surface area (Å²) in [7, 11) is -3.35. The van der Waals surface area contributed by atoms with Gasteiger partial charge in [0, 0.05) is 35.9 Å². The third-order valence-corrected chi connectivity index (χ3v) is 6.53. The fourth-order valence-corrected chi connectivity index (χ4v) is 4.80. The Hall–Kier alpha value is -0.470. The zero-order valence-electron chi connectivity index (χ0n) is 12.2. The Kier molecular flexibility index (Phi) is 4.96. The summed E-state index contributed by atoms with van der Waals surface area (Å²) in [6, 6.07) is 2.43. The quantitative estimate of drug-likeness (QED) is 0.756. The second-order valence-electron chi connectivity index (χ2n) is 5.85. The van der Waals surface area contributed by atoms with Crippen molar-refractivity contribution in [2.24, 2.45) is 0 Å². The van der Waals surface area contributed by atoms with E-state index in [9.17, 15) is 8.42 Å². The van der Waals surface area contributed by atoms with E-state index in [-0.39, 0.29) is 0 Å². The molecule has 1 saturated carbocycles. The fourth-order valence-electron chi connectivity index (χ4n) is 2.55. The first kappa shape index (κ1) is 15.4. The van der Waals surface area contributed by atoms with E-state index in [0.29, 0.717) is 17.5 Å². The lowest BCUT2D eigenvalue weighted by Crippen LogP contribution is -2.33. The highest BCUT2D eigenvalue weighted by atomic mass is 32.2. The molecule has 2 aliphatic rings. The summed E-state index contributed by atoms with van der Waals surface area (Å²) in [5, 5.41) is 5.14. The van der Waals surface area contributed by atoms with Gasteiger partial charge in [-0.2, -0.15) is 0 Å². The van der Waals surface area contributed by atoms with Crippen molar-refractivity contribution in [1.29, 1.82) is 0 Å². The zero-order valence-corrected chi connectivity index (χ0v) is 13.8. The second-order valence-corrected chi connectivity index (χ2v) is 8.61. The number of likely N-dealkylation sites (tertiary alicyclic amines) is 1. The van der Waals surface area contributed by atoms with E-state index in [0.717, 1.165) is 31.1 Å². The van der Waals surface area contributed by atoms with Crippen LogP contribution in [-0.4, -0.2) is 45.5 Å². The summed E-state index contributed by atoms with van der Waals surface area (Å²) < 4.78 is 27.2. The summed E-state index contributed by atoms with van der Waals surface area (Å²) in [5.74, 6) is 0. The van der Waals surface area contributed by atoms with E-state index in [1.807, 2.05) is 0 Å². The smallest absolute Gasteiger partial charge is 0.241 e. The highest BCUT2D eigenvalue weighted by molar-refractivity contribution is 7.89. The number of hydrogen-bond acceptors (Lipinski definition) is 5. The Morgan fingerprint density at radius 1 is 1.29 bits per heavy atom. The van der Waals surface area contributed by atoms with Gasteiger partial charge < -0.3 is 10.2 Å². The molecule has 1 aromatic rings. The van der Waals surface area contributed by atoms with E-state index < -0.39 is 10.0 Å². The summed E-state index contributed by atoms with van der Waals surface area (Å²) >= 11 is 1.51. The van der Waals surface area contributed by atoms with Crippen LogP contribution in [0.2, 0.25) is 0 Å². The molecular formula is C14H23N3O2S2. The first-order valence-electron chi connectivity index (χ1n) is 7.66. The average Bonchev–Trinajstić information content (AvgIpc) is 2.93. The third kappa shape index (κ3) is 4.50. The minimum atomic E-state index is -3.35. The largest absolute Gasteiger partial charge is 0.309 e. The van der Waals surface area contributed by atoms with Crippen molar-refractivity contribution in [3.63, 3.8) is 0 Å². The standard InChI is InChI=1S/C14H23N3O2S2/c18-21(19,16-5-8-17-6-1-2-7-17)14-9-13(20-11-14)10-15-12-3-4-12/h9,11-12,15-16H,1-8,10H2. The molecule has 1 aromatic heterocycles. The molecule has 3 rings (SSSR count). The minimum Gasteiger partial charge on any atom is -0.309 e. The molecule has 5 nitrogen and oxygen atoms in total. The number of rotatable bonds is 8. The normalized spacial score (nSPS) is 20.2. The molecule has 0 unspecified atom stereocenters. The van der Waals surface area contributed by atoms with Gasteiger partial charge in [-0.15, -0.1) is 11.3 Å². The van der Waals surface area contributed by atoms with Crippen LogP contribution in [0.25, 0.3) is 0 Å². The van der Waals surface area contributed by atoms with Gasteiger partial charge >= 0.3 is 0 Å². The van der Waals surface area contributed by atoms with E-state index in [1.54, 1.807) is 11.4 Å². The van der Waals surface area contributed by atoms with Crippen molar-refractivity contribution in [1.82, 2.24) is 14.9 Å². The van der Waals surface area contributed by atoms with Gasteiger partial charge in [-0.25, -0.2) is 13.1 Å². The number of hydrogen-bond donors (Lipinski definition) is 2. The molecule has 1 aliphatic heterocycles. The van der Waals surface area contributed by atoms with Crippen molar-refractivity contribution in [2.75, 3.05) is 26.2 Å². The fraction of sp³-hybridized carbons (Fsp3) is 0.714. The number of nitrogens with zero attached hydrogens (tertiary/aromatic N) is 1. The average molecular weight is 329 g/mol. The van der Waals surface area contributed by atoms with Crippen LogP contribution in [0.4, 0.5) is 0 Å². The predicted octanol–water partition coefficient (Wildman–Crippen LogP) is 1.37. The summed E-state index contributed by atoms with van der Waals surface area (Å²) in [4.78, 5) is 3.80. The van der Waals surface area contributed by atoms with Crippen LogP contribution in [0.5, 0.6) is 0 Å². The molecule has 2 fully saturated rings. The predicted molar refractivity (Wildman–Crippen MR) is 85.0 cm³/mol. The Bertz CT molecular complexity index is 561. The SMILES string of the molecule is O=S(=O)(NCCN1CCCC1)c1csc(CNC2CC2)c1. The molecule has 0 aromatic carbocycles. The Morgan fingerprint density at radius 2 is 2.05 bits per heavy atom. The molecule has 1 aliphatic carbocycles.